The van der Waals surface area contributed by atoms with Crippen molar-refractivity contribution in [2.24, 2.45) is 0 Å². The van der Waals surface area contributed by atoms with Gasteiger partial charge in [-0.1, -0.05) is 44.2 Å². The van der Waals surface area contributed by atoms with Crippen LogP contribution in [0.15, 0.2) is 36.4 Å². The summed E-state index contributed by atoms with van der Waals surface area (Å²) in [5.41, 5.74) is 5.55. The summed E-state index contributed by atoms with van der Waals surface area (Å²) in [6.07, 6.45) is 1.40. The largest absolute Gasteiger partial charge is 0.496 e. The van der Waals surface area contributed by atoms with Gasteiger partial charge in [-0.2, -0.15) is 0 Å². The monoisotopic (exact) mass is 284 g/mol. The number of rotatable bonds is 5. The standard InChI is InChI=1S/C19H24O2/c1-5-14-9-10-16(11-15(14)6-2)19(20)17-8-7-13(3)18(12-17)21-4/h7-12,19-20H,5-6H2,1-4H3. The number of hydrogen-bond donors (Lipinski definition) is 1. The van der Waals surface area contributed by atoms with E-state index < -0.39 is 6.10 Å². The highest BCUT2D eigenvalue weighted by Gasteiger charge is 2.13. The minimum absolute atomic E-state index is 0.615. The number of aliphatic hydroxyl groups is 1. The molecule has 2 rings (SSSR count). The molecule has 1 unspecified atom stereocenters. The van der Waals surface area contributed by atoms with Crippen LogP contribution in [0, 0.1) is 6.92 Å². The number of methoxy groups -OCH3 is 1. The maximum absolute atomic E-state index is 10.6. The molecule has 112 valence electrons. The Balaban J connectivity index is 2.37. The first-order valence-corrected chi connectivity index (χ1v) is 7.55. The number of ether oxygens (including phenoxy) is 1. The number of benzene rings is 2. The van der Waals surface area contributed by atoms with E-state index in [1.165, 1.54) is 11.1 Å². The van der Waals surface area contributed by atoms with Gasteiger partial charge in [0.2, 0.25) is 0 Å². The van der Waals surface area contributed by atoms with E-state index in [2.05, 4.69) is 26.0 Å². The van der Waals surface area contributed by atoms with E-state index in [0.29, 0.717) is 0 Å². The Morgan fingerprint density at radius 1 is 0.952 bits per heavy atom. The number of hydrogen-bond acceptors (Lipinski definition) is 2. The molecule has 2 aromatic carbocycles. The van der Waals surface area contributed by atoms with Gasteiger partial charge in [-0.3, -0.25) is 0 Å². The van der Waals surface area contributed by atoms with Crippen LogP contribution in [0.2, 0.25) is 0 Å². The quantitative estimate of drug-likeness (QED) is 0.891. The third kappa shape index (κ3) is 3.27. The molecule has 0 saturated carbocycles. The van der Waals surface area contributed by atoms with E-state index in [1.807, 2.05) is 31.2 Å². The van der Waals surface area contributed by atoms with Gasteiger partial charge >= 0.3 is 0 Å². The van der Waals surface area contributed by atoms with Crippen LogP contribution in [-0.4, -0.2) is 12.2 Å². The summed E-state index contributed by atoms with van der Waals surface area (Å²) in [5, 5.41) is 10.6. The highest BCUT2D eigenvalue weighted by molar-refractivity contribution is 5.42. The number of aliphatic hydroxyl groups excluding tert-OH is 1. The third-order valence-corrected chi connectivity index (χ3v) is 4.06. The molecule has 2 nitrogen and oxygen atoms in total. The fraction of sp³-hybridized carbons (Fsp3) is 0.368. The molecule has 0 aliphatic carbocycles. The average molecular weight is 284 g/mol. The molecule has 0 saturated heterocycles. The second-order valence-corrected chi connectivity index (χ2v) is 5.37. The summed E-state index contributed by atoms with van der Waals surface area (Å²) in [6, 6.07) is 12.1. The molecule has 0 aliphatic heterocycles. The average Bonchev–Trinajstić information content (AvgIpc) is 2.53. The molecule has 21 heavy (non-hydrogen) atoms. The Hall–Kier alpha value is -1.80. The first kappa shape index (κ1) is 15.6. The predicted octanol–water partition coefficient (Wildman–Crippen LogP) is 4.21. The van der Waals surface area contributed by atoms with Crippen molar-refractivity contribution in [2.75, 3.05) is 7.11 Å². The molecule has 0 bridgehead atoms. The van der Waals surface area contributed by atoms with Crippen LogP contribution in [0.4, 0.5) is 0 Å². The Kier molecular flexibility index (Phi) is 5.03. The lowest BCUT2D eigenvalue weighted by Gasteiger charge is -2.16. The van der Waals surface area contributed by atoms with Crippen LogP contribution in [0.1, 0.15) is 47.8 Å². The van der Waals surface area contributed by atoms with Crippen LogP contribution in [0.25, 0.3) is 0 Å². The summed E-state index contributed by atoms with van der Waals surface area (Å²) >= 11 is 0. The van der Waals surface area contributed by atoms with Crippen LogP contribution in [0.3, 0.4) is 0 Å². The normalized spacial score (nSPS) is 12.2. The van der Waals surface area contributed by atoms with Crippen molar-refractivity contribution >= 4 is 0 Å². The minimum atomic E-state index is -0.615. The van der Waals surface area contributed by atoms with Crippen molar-refractivity contribution < 1.29 is 9.84 Å². The highest BCUT2D eigenvalue weighted by Crippen LogP contribution is 2.28. The van der Waals surface area contributed by atoms with Gasteiger partial charge in [-0.05, 0) is 53.6 Å². The van der Waals surface area contributed by atoms with Crippen LogP contribution < -0.4 is 4.74 Å². The minimum Gasteiger partial charge on any atom is -0.496 e. The zero-order valence-corrected chi connectivity index (χ0v) is 13.3. The van der Waals surface area contributed by atoms with E-state index in [-0.39, 0.29) is 0 Å². The predicted molar refractivity (Wildman–Crippen MR) is 87.0 cm³/mol. The lowest BCUT2D eigenvalue weighted by Crippen LogP contribution is -2.03. The lowest BCUT2D eigenvalue weighted by molar-refractivity contribution is 0.219. The van der Waals surface area contributed by atoms with Crippen molar-refractivity contribution in [3.63, 3.8) is 0 Å². The second-order valence-electron chi connectivity index (χ2n) is 5.37. The molecule has 1 N–H and O–H groups in total. The first-order valence-electron chi connectivity index (χ1n) is 7.55. The molecule has 0 spiro atoms. The summed E-state index contributed by atoms with van der Waals surface area (Å²) in [7, 11) is 1.66. The van der Waals surface area contributed by atoms with Gasteiger partial charge < -0.3 is 9.84 Å². The van der Waals surface area contributed by atoms with Crippen molar-refractivity contribution in [3.8, 4) is 5.75 Å². The van der Waals surface area contributed by atoms with E-state index in [4.69, 9.17) is 4.74 Å². The van der Waals surface area contributed by atoms with E-state index in [1.54, 1.807) is 7.11 Å². The highest BCUT2D eigenvalue weighted by atomic mass is 16.5. The molecule has 1 atom stereocenters. The lowest BCUT2D eigenvalue weighted by atomic mass is 9.94. The van der Waals surface area contributed by atoms with Gasteiger partial charge in [0.1, 0.15) is 11.9 Å². The fourth-order valence-electron chi connectivity index (χ4n) is 2.69. The zero-order chi connectivity index (χ0) is 15.4. The maximum Gasteiger partial charge on any atom is 0.122 e. The molecule has 0 amide bonds. The van der Waals surface area contributed by atoms with Crippen molar-refractivity contribution in [2.45, 2.75) is 39.7 Å². The number of aryl methyl sites for hydroxylation is 3. The molecule has 0 aromatic heterocycles. The molecular weight excluding hydrogens is 260 g/mol. The van der Waals surface area contributed by atoms with E-state index in [9.17, 15) is 5.11 Å². The van der Waals surface area contributed by atoms with Crippen molar-refractivity contribution in [3.05, 3.63) is 64.2 Å². The van der Waals surface area contributed by atoms with Gasteiger partial charge in [0.15, 0.2) is 0 Å². The topological polar surface area (TPSA) is 29.5 Å². The molecule has 0 aliphatic rings. The van der Waals surface area contributed by atoms with Gasteiger partial charge in [0.05, 0.1) is 7.11 Å². The Morgan fingerprint density at radius 3 is 2.19 bits per heavy atom. The molecule has 2 heteroatoms. The van der Waals surface area contributed by atoms with Gasteiger partial charge in [-0.25, -0.2) is 0 Å². The van der Waals surface area contributed by atoms with Crippen molar-refractivity contribution in [1.82, 2.24) is 0 Å². The second kappa shape index (κ2) is 6.77. The Morgan fingerprint density at radius 2 is 1.57 bits per heavy atom. The van der Waals surface area contributed by atoms with Gasteiger partial charge in [-0.15, -0.1) is 0 Å². The first-order chi connectivity index (χ1) is 10.1. The molecule has 2 aromatic rings. The van der Waals surface area contributed by atoms with E-state index in [0.717, 1.165) is 35.3 Å². The summed E-state index contributed by atoms with van der Waals surface area (Å²) in [6.45, 7) is 6.31. The Labute approximate surface area is 127 Å². The maximum atomic E-state index is 10.6. The molecule has 0 radical (unpaired) electrons. The summed E-state index contributed by atoms with van der Waals surface area (Å²) in [4.78, 5) is 0. The molecule has 0 fully saturated rings. The van der Waals surface area contributed by atoms with Gasteiger partial charge in [0, 0.05) is 0 Å². The molecule has 0 heterocycles. The van der Waals surface area contributed by atoms with Crippen LogP contribution >= 0.6 is 0 Å². The van der Waals surface area contributed by atoms with Gasteiger partial charge in [0.25, 0.3) is 0 Å². The fourth-order valence-corrected chi connectivity index (χ4v) is 2.69. The van der Waals surface area contributed by atoms with Crippen LogP contribution in [-0.2, 0) is 12.8 Å². The smallest absolute Gasteiger partial charge is 0.122 e. The zero-order valence-electron chi connectivity index (χ0n) is 13.3. The third-order valence-electron chi connectivity index (χ3n) is 4.06. The van der Waals surface area contributed by atoms with Crippen molar-refractivity contribution in [1.29, 1.82) is 0 Å². The summed E-state index contributed by atoms with van der Waals surface area (Å²) < 4.78 is 5.34. The summed E-state index contributed by atoms with van der Waals surface area (Å²) in [5.74, 6) is 0.812. The SMILES string of the molecule is CCc1ccc(C(O)c2ccc(C)c(OC)c2)cc1CC. The molecular formula is C19H24O2. The Bertz CT molecular complexity index is 617. The van der Waals surface area contributed by atoms with Crippen LogP contribution in [0.5, 0.6) is 5.75 Å². The van der Waals surface area contributed by atoms with E-state index >= 15 is 0 Å².